The fraction of sp³-hybridized carbons (Fsp3) is 1.00. The van der Waals surface area contributed by atoms with E-state index in [9.17, 15) is 10.2 Å². The van der Waals surface area contributed by atoms with Gasteiger partial charge >= 0.3 is 0 Å². The zero-order valence-electron chi connectivity index (χ0n) is 9.71. The summed E-state index contributed by atoms with van der Waals surface area (Å²) in [5, 5.41) is 19.0. The van der Waals surface area contributed by atoms with Crippen LogP contribution >= 0.6 is 0 Å². The van der Waals surface area contributed by atoms with Crippen LogP contribution in [0.3, 0.4) is 0 Å². The molecule has 2 N–H and O–H groups in total. The summed E-state index contributed by atoms with van der Waals surface area (Å²) in [6, 6.07) is 0. The average molecular weight is 202 g/mol. The van der Waals surface area contributed by atoms with Crippen LogP contribution in [0.2, 0.25) is 0 Å². The van der Waals surface area contributed by atoms with Crippen molar-refractivity contribution < 1.29 is 10.2 Å². The van der Waals surface area contributed by atoms with Crippen molar-refractivity contribution in [2.24, 2.45) is 0 Å². The first-order valence-electron chi connectivity index (χ1n) is 6.06. The van der Waals surface area contributed by atoms with Crippen LogP contribution in [0.25, 0.3) is 0 Å². The summed E-state index contributed by atoms with van der Waals surface area (Å²) in [5.74, 6) is 0. The molecule has 0 spiro atoms. The molecule has 0 aliphatic carbocycles. The van der Waals surface area contributed by atoms with E-state index in [-0.39, 0.29) is 12.2 Å². The monoisotopic (exact) mass is 202 g/mol. The predicted molar refractivity (Wildman–Crippen MR) is 60.3 cm³/mol. The smallest absolute Gasteiger partial charge is 0.0541 e. The van der Waals surface area contributed by atoms with Crippen molar-refractivity contribution in [1.82, 2.24) is 0 Å². The lowest BCUT2D eigenvalue weighted by Gasteiger charge is -2.13. The lowest BCUT2D eigenvalue weighted by molar-refractivity contribution is 0.102. The fourth-order valence-corrected chi connectivity index (χ4v) is 1.64. The molecule has 0 rings (SSSR count). The van der Waals surface area contributed by atoms with E-state index < -0.39 is 0 Å². The Balaban J connectivity index is 3.29. The zero-order chi connectivity index (χ0) is 10.8. The van der Waals surface area contributed by atoms with Crippen LogP contribution in [-0.4, -0.2) is 22.4 Å². The Morgan fingerprint density at radius 3 is 1.79 bits per heavy atom. The van der Waals surface area contributed by atoms with E-state index in [0.717, 1.165) is 38.5 Å². The van der Waals surface area contributed by atoms with Crippen LogP contribution in [0.1, 0.15) is 65.2 Å². The van der Waals surface area contributed by atoms with E-state index in [4.69, 9.17) is 0 Å². The molecule has 0 heterocycles. The fourth-order valence-electron chi connectivity index (χ4n) is 1.64. The van der Waals surface area contributed by atoms with Crippen molar-refractivity contribution in [3.8, 4) is 0 Å². The molecule has 2 nitrogen and oxygen atoms in total. The maximum Gasteiger partial charge on any atom is 0.0541 e. The lowest BCUT2D eigenvalue weighted by atomic mass is 10.0. The number of rotatable bonds is 9. The van der Waals surface area contributed by atoms with Gasteiger partial charge in [-0.25, -0.2) is 0 Å². The first kappa shape index (κ1) is 13.9. The van der Waals surface area contributed by atoms with E-state index in [0.29, 0.717) is 0 Å². The molecule has 2 unspecified atom stereocenters. The van der Waals surface area contributed by atoms with E-state index in [1.807, 2.05) is 0 Å². The van der Waals surface area contributed by atoms with Crippen molar-refractivity contribution >= 4 is 0 Å². The number of aliphatic hydroxyl groups excluding tert-OH is 2. The molecule has 0 bridgehead atoms. The van der Waals surface area contributed by atoms with Gasteiger partial charge in [-0.1, -0.05) is 39.5 Å². The number of hydrogen-bond donors (Lipinski definition) is 2. The molecule has 2 atom stereocenters. The highest BCUT2D eigenvalue weighted by atomic mass is 16.3. The van der Waals surface area contributed by atoms with Gasteiger partial charge in [-0.15, -0.1) is 0 Å². The van der Waals surface area contributed by atoms with Gasteiger partial charge in [-0.3, -0.25) is 0 Å². The minimum atomic E-state index is -0.208. The molecule has 0 saturated carbocycles. The molecule has 14 heavy (non-hydrogen) atoms. The van der Waals surface area contributed by atoms with Crippen LogP contribution < -0.4 is 0 Å². The quantitative estimate of drug-likeness (QED) is 0.564. The molecule has 0 amide bonds. The van der Waals surface area contributed by atoms with Gasteiger partial charge in [0.2, 0.25) is 0 Å². The van der Waals surface area contributed by atoms with Crippen LogP contribution in [0.5, 0.6) is 0 Å². The first-order valence-corrected chi connectivity index (χ1v) is 6.06. The molecule has 0 fully saturated rings. The normalized spacial score (nSPS) is 15.4. The summed E-state index contributed by atoms with van der Waals surface area (Å²) in [5.41, 5.74) is 0. The van der Waals surface area contributed by atoms with Crippen molar-refractivity contribution in [3.05, 3.63) is 0 Å². The van der Waals surface area contributed by atoms with E-state index in [1.54, 1.807) is 0 Å². The molecule has 2 heteroatoms. The Morgan fingerprint density at radius 2 is 1.29 bits per heavy atom. The van der Waals surface area contributed by atoms with Gasteiger partial charge < -0.3 is 10.2 Å². The standard InChI is InChI=1S/C12H26O2/c1-3-5-6-8-12(14)10-9-11(13)7-4-2/h11-14H,3-10H2,1-2H3. The van der Waals surface area contributed by atoms with E-state index >= 15 is 0 Å². The molecule has 86 valence electrons. The predicted octanol–water partition coefficient (Wildman–Crippen LogP) is 2.87. The molecule has 0 aromatic rings. The lowest BCUT2D eigenvalue weighted by Crippen LogP contribution is -2.12. The van der Waals surface area contributed by atoms with E-state index in [1.165, 1.54) is 12.8 Å². The third-order valence-corrected chi connectivity index (χ3v) is 2.60. The summed E-state index contributed by atoms with van der Waals surface area (Å²) in [6.07, 6.45) is 7.39. The summed E-state index contributed by atoms with van der Waals surface area (Å²) in [6.45, 7) is 4.23. The second-order valence-electron chi connectivity index (χ2n) is 4.17. The van der Waals surface area contributed by atoms with Gasteiger partial charge in [0.15, 0.2) is 0 Å². The Kier molecular flexibility index (Phi) is 9.42. The maximum absolute atomic E-state index is 9.58. The highest BCUT2D eigenvalue weighted by Crippen LogP contribution is 2.11. The Labute approximate surface area is 88.3 Å². The van der Waals surface area contributed by atoms with Crippen LogP contribution in [0.15, 0.2) is 0 Å². The molecule has 0 radical (unpaired) electrons. The van der Waals surface area contributed by atoms with Gasteiger partial charge in [0.05, 0.1) is 12.2 Å². The Bertz CT molecular complexity index is 115. The largest absolute Gasteiger partial charge is 0.393 e. The highest BCUT2D eigenvalue weighted by molar-refractivity contribution is 4.61. The van der Waals surface area contributed by atoms with Gasteiger partial charge in [0.1, 0.15) is 0 Å². The summed E-state index contributed by atoms with van der Waals surface area (Å²) >= 11 is 0. The van der Waals surface area contributed by atoms with Crippen LogP contribution in [-0.2, 0) is 0 Å². The third kappa shape index (κ3) is 8.52. The number of aliphatic hydroxyl groups is 2. The second kappa shape index (κ2) is 9.47. The van der Waals surface area contributed by atoms with Crippen LogP contribution in [0.4, 0.5) is 0 Å². The molecule has 0 aliphatic heterocycles. The van der Waals surface area contributed by atoms with Gasteiger partial charge in [0, 0.05) is 0 Å². The van der Waals surface area contributed by atoms with Crippen molar-refractivity contribution in [2.75, 3.05) is 0 Å². The number of hydrogen-bond acceptors (Lipinski definition) is 2. The van der Waals surface area contributed by atoms with E-state index in [2.05, 4.69) is 13.8 Å². The first-order chi connectivity index (χ1) is 6.70. The maximum atomic E-state index is 9.58. The summed E-state index contributed by atoms with van der Waals surface area (Å²) in [4.78, 5) is 0. The molecule has 0 aromatic carbocycles. The summed E-state index contributed by atoms with van der Waals surface area (Å²) in [7, 11) is 0. The third-order valence-electron chi connectivity index (χ3n) is 2.60. The highest BCUT2D eigenvalue weighted by Gasteiger charge is 2.08. The average Bonchev–Trinajstić information content (AvgIpc) is 2.16. The molecule has 0 aromatic heterocycles. The molecular formula is C12H26O2. The summed E-state index contributed by atoms with van der Waals surface area (Å²) < 4.78 is 0. The van der Waals surface area contributed by atoms with Crippen molar-refractivity contribution in [3.63, 3.8) is 0 Å². The minimum Gasteiger partial charge on any atom is -0.393 e. The van der Waals surface area contributed by atoms with Gasteiger partial charge in [-0.05, 0) is 25.7 Å². The Hall–Kier alpha value is -0.0800. The molecular weight excluding hydrogens is 176 g/mol. The second-order valence-corrected chi connectivity index (χ2v) is 4.17. The van der Waals surface area contributed by atoms with Gasteiger partial charge in [-0.2, -0.15) is 0 Å². The zero-order valence-corrected chi connectivity index (χ0v) is 9.71. The van der Waals surface area contributed by atoms with Crippen LogP contribution in [0, 0.1) is 0 Å². The van der Waals surface area contributed by atoms with Crippen molar-refractivity contribution in [2.45, 2.75) is 77.4 Å². The minimum absolute atomic E-state index is 0.201. The molecule has 0 saturated heterocycles. The molecule has 0 aliphatic rings. The SMILES string of the molecule is CCCCCC(O)CCC(O)CCC. The number of unbranched alkanes of at least 4 members (excludes halogenated alkanes) is 2. The topological polar surface area (TPSA) is 40.5 Å². The van der Waals surface area contributed by atoms with Gasteiger partial charge in [0.25, 0.3) is 0 Å². The Morgan fingerprint density at radius 1 is 0.714 bits per heavy atom. The van der Waals surface area contributed by atoms with Crippen molar-refractivity contribution in [1.29, 1.82) is 0 Å².